The van der Waals surface area contributed by atoms with E-state index in [4.69, 9.17) is 0 Å². The first-order chi connectivity index (χ1) is 8.72. The van der Waals surface area contributed by atoms with Gasteiger partial charge in [0.2, 0.25) is 0 Å². The summed E-state index contributed by atoms with van der Waals surface area (Å²) < 4.78 is 15.7. The molecule has 0 radical (unpaired) electrons. The van der Waals surface area contributed by atoms with Crippen molar-refractivity contribution in [1.29, 1.82) is 0 Å². The van der Waals surface area contributed by atoms with Gasteiger partial charge in [-0.1, -0.05) is 0 Å². The lowest BCUT2D eigenvalue weighted by Gasteiger charge is -2.04. The Bertz CT molecular complexity index is 563. The van der Waals surface area contributed by atoms with Crippen LogP contribution < -0.4 is 5.32 Å². The fraction of sp³-hybridized carbons (Fsp3) is 0.308. The van der Waals surface area contributed by atoms with Crippen LogP contribution in [0.25, 0.3) is 5.69 Å². The van der Waals surface area contributed by atoms with Gasteiger partial charge in [-0.2, -0.15) is 5.10 Å². The predicted molar refractivity (Wildman–Crippen MR) is 76.1 cm³/mol. The maximum Gasteiger partial charge on any atom is 0.124 e. The number of hydrogen-bond donors (Lipinski definition) is 1. The van der Waals surface area contributed by atoms with Crippen molar-refractivity contribution < 1.29 is 4.39 Å². The molecule has 2 aromatic rings. The van der Waals surface area contributed by atoms with E-state index < -0.39 is 0 Å². The van der Waals surface area contributed by atoms with Gasteiger partial charge in [-0.25, -0.2) is 9.07 Å². The molecule has 3 rings (SSSR count). The van der Waals surface area contributed by atoms with Crippen molar-refractivity contribution in [3.05, 3.63) is 45.5 Å². The third kappa shape index (κ3) is 2.72. The quantitative estimate of drug-likeness (QED) is 0.853. The van der Waals surface area contributed by atoms with E-state index >= 15 is 0 Å². The number of benzene rings is 1. The Morgan fingerprint density at radius 3 is 2.94 bits per heavy atom. The molecular weight excluding hydrogens is 344 g/mol. The van der Waals surface area contributed by atoms with Crippen LogP contribution in [0.3, 0.4) is 0 Å². The minimum Gasteiger partial charge on any atom is -0.308 e. The molecule has 94 valence electrons. The molecule has 1 heterocycles. The SMILES string of the molecule is Fc1ccc(-n2ccc(CNC3CC3)n2)c(I)c1. The Kier molecular flexibility index (Phi) is 3.34. The maximum atomic E-state index is 13.0. The lowest BCUT2D eigenvalue weighted by atomic mass is 10.3. The normalized spacial score (nSPS) is 15.0. The Morgan fingerprint density at radius 1 is 1.39 bits per heavy atom. The molecule has 0 saturated heterocycles. The van der Waals surface area contributed by atoms with Crippen LogP contribution in [-0.2, 0) is 6.54 Å². The van der Waals surface area contributed by atoms with Crippen LogP contribution >= 0.6 is 22.6 Å². The fourth-order valence-corrected chi connectivity index (χ4v) is 2.52. The van der Waals surface area contributed by atoms with Crippen LogP contribution in [0.1, 0.15) is 18.5 Å². The van der Waals surface area contributed by atoms with Gasteiger partial charge in [0.1, 0.15) is 5.82 Å². The van der Waals surface area contributed by atoms with Gasteiger partial charge < -0.3 is 5.32 Å². The molecule has 0 atom stereocenters. The monoisotopic (exact) mass is 357 g/mol. The highest BCUT2D eigenvalue weighted by Crippen LogP contribution is 2.20. The lowest BCUT2D eigenvalue weighted by Crippen LogP contribution is -2.15. The second-order valence-corrected chi connectivity index (χ2v) is 5.66. The Hall–Kier alpha value is -0.950. The number of nitrogens with one attached hydrogen (secondary N) is 1. The molecule has 0 amide bonds. The van der Waals surface area contributed by atoms with E-state index in [-0.39, 0.29) is 5.82 Å². The number of halogens is 2. The molecule has 0 aliphatic heterocycles. The number of nitrogens with zero attached hydrogens (tertiary/aromatic N) is 2. The van der Waals surface area contributed by atoms with Crippen LogP contribution in [-0.4, -0.2) is 15.8 Å². The summed E-state index contributed by atoms with van der Waals surface area (Å²) in [4.78, 5) is 0. The molecule has 1 saturated carbocycles. The lowest BCUT2D eigenvalue weighted by molar-refractivity contribution is 0.625. The topological polar surface area (TPSA) is 29.9 Å². The van der Waals surface area contributed by atoms with E-state index in [0.717, 1.165) is 21.5 Å². The van der Waals surface area contributed by atoms with Crippen molar-refractivity contribution in [2.75, 3.05) is 0 Å². The summed E-state index contributed by atoms with van der Waals surface area (Å²) in [7, 11) is 0. The minimum atomic E-state index is -0.217. The molecule has 0 spiro atoms. The molecule has 1 fully saturated rings. The van der Waals surface area contributed by atoms with Crippen LogP contribution in [0.2, 0.25) is 0 Å². The second kappa shape index (κ2) is 4.97. The highest BCUT2D eigenvalue weighted by atomic mass is 127. The molecule has 1 aromatic carbocycles. The van der Waals surface area contributed by atoms with Crippen molar-refractivity contribution in [1.82, 2.24) is 15.1 Å². The molecule has 0 unspecified atom stereocenters. The molecule has 1 aliphatic rings. The van der Waals surface area contributed by atoms with Gasteiger partial charge >= 0.3 is 0 Å². The molecule has 3 nitrogen and oxygen atoms in total. The van der Waals surface area contributed by atoms with E-state index in [1.165, 1.54) is 25.0 Å². The summed E-state index contributed by atoms with van der Waals surface area (Å²) >= 11 is 2.12. The molecule has 0 bridgehead atoms. The fourth-order valence-electron chi connectivity index (χ4n) is 1.79. The standard InChI is InChI=1S/C13H13FIN3/c14-9-1-4-13(12(15)7-9)18-6-5-11(17-18)8-16-10-2-3-10/h1,4-7,10,16H,2-3,8H2. The average molecular weight is 357 g/mol. The van der Waals surface area contributed by atoms with Crippen molar-refractivity contribution in [3.8, 4) is 5.69 Å². The molecular formula is C13H13FIN3. The third-order valence-corrected chi connectivity index (χ3v) is 3.81. The number of rotatable bonds is 4. The Labute approximate surface area is 119 Å². The summed E-state index contributed by atoms with van der Waals surface area (Å²) in [5.74, 6) is -0.217. The maximum absolute atomic E-state index is 13.0. The summed E-state index contributed by atoms with van der Waals surface area (Å²) in [6.45, 7) is 0.801. The Morgan fingerprint density at radius 2 is 2.22 bits per heavy atom. The molecule has 5 heteroatoms. The van der Waals surface area contributed by atoms with Gasteiger partial charge in [-0.05, 0) is 59.7 Å². The van der Waals surface area contributed by atoms with Crippen LogP contribution in [0.15, 0.2) is 30.5 Å². The molecule has 1 N–H and O–H groups in total. The summed E-state index contributed by atoms with van der Waals surface area (Å²) in [6.07, 6.45) is 4.46. The highest BCUT2D eigenvalue weighted by Gasteiger charge is 2.20. The summed E-state index contributed by atoms with van der Waals surface area (Å²) in [5.41, 5.74) is 1.93. The van der Waals surface area contributed by atoms with Crippen LogP contribution in [0.5, 0.6) is 0 Å². The van der Waals surface area contributed by atoms with Gasteiger partial charge in [-0.3, -0.25) is 0 Å². The summed E-state index contributed by atoms with van der Waals surface area (Å²) in [5, 5.41) is 7.92. The van der Waals surface area contributed by atoms with Gasteiger partial charge in [0.25, 0.3) is 0 Å². The van der Waals surface area contributed by atoms with E-state index in [1.54, 1.807) is 10.7 Å². The Balaban J connectivity index is 1.78. The zero-order valence-electron chi connectivity index (χ0n) is 9.74. The predicted octanol–water partition coefficient (Wildman–Crippen LogP) is 2.87. The molecule has 1 aliphatic carbocycles. The average Bonchev–Trinajstić information content (AvgIpc) is 3.05. The first-order valence-electron chi connectivity index (χ1n) is 5.96. The highest BCUT2D eigenvalue weighted by molar-refractivity contribution is 14.1. The van der Waals surface area contributed by atoms with Crippen molar-refractivity contribution in [2.45, 2.75) is 25.4 Å². The smallest absolute Gasteiger partial charge is 0.124 e. The molecule has 18 heavy (non-hydrogen) atoms. The largest absolute Gasteiger partial charge is 0.308 e. The second-order valence-electron chi connectivity index (χ2n) is 4.50. The van der Waals surface area contributed by atoms with Crippen LogP contribution in [0.4, 0.5) is 4.39 Å². The van der Waals surface area contributed by atoms with Crippen molar-refractivity contribution in [3.63, 3.8) is 0 Å². The van der Waals surface area contributed by atoms with E-state index in [2.05, 4.69) is 33.0 Å². The van der Waals surface area contributed by atoms with Crippen LogP contribution in [0, 0.1) is 9.39 Å². The van der Waals surface area contributed by atoms with Crippen molar-refractivity contribution in [2.24, 2.45) is 0 Å². The van der Waals surface area contributed by atoms with Gasteiger partial charge in [0.15, 0.2) is 0 Å². The zero-order valence-corrected chi connectivity index (χ0v) is 11.9. The zero-order chi connectivity index (χ0) is 12.5. The number of aromatic nitrogens is 2. The first kappa shape index (κ1) is 12.1. The van der Waals surface area contributed by atoms with Crippen molar-refractivity contribution >= 4 is 22.6 Å². The molecule has 1 aromatic heterocycles. The van der Waals surface area contributed by atoms with Gasteiger partial charge in [0.05, 0.1) is 11.4 Å². The van der Waals surface area contributed by atoms with E-state index in [9.17, 15) is 4.39 Å². The van der Waals surface area contributed by atoms with Gasteiger partial charge in [0, 0.05) is 22.4 Å². The van der Waals surface area contributed by atoms with Gasteiger partial charge in [-0.15, -0.1) is 0 Å². The minimum absolute atomic E-state index is 0.217. The number of hydrogen-bond acceptors (Lipinski definition) is 2. The third-order valence-electron chi connectivity index (χ3n) is 2.95. The van der Waals surface area contributed by atoms with E-state index in [1.807, 2.05) is 12.3 Å². The van der Waals surface area contributed by atoms with E-state index in [0.29, 0.717) is 6.04 Å². The summed E-state index contributed by atoms with van der Waals surface area (Å²) in [6, 6.07) is 7.40. The first-order valence-corrected chi connectivity index (χ1v) is 7.03.